The van der Waals surface area contributed by atoms with Crippen LogP contribution in [-0.2, 0) is 4.79 Å². The minimum Gasteiger partial charge on any atom is -0.320 e. The number of carbonyl (C=O) groups is 1. The second-order valence-corrected chi connectivity index (χ2v) is 3.84. The number of rotatable bonds is 4. The Labute approximate surface area is 89.4 Å². The lowest BCUT2D eigenvalue weighted by atomic mass is 9.99. The van der Waals surface area contributed by atoms with Crippen molar-refractivity contribution in [2.45, 2.75) is 33.2 Å². The molecule has 0 aliphatic carbocycles. The van der Waals surface area contributed by atoms with Gasteiger partial charge in [-0.2, -0.15) is 5.10 Å². The molecule has 1 heterocycles. The quantitative estimate of drug-likeness (QED) is 0.694. The van der Waals surface area contributed by atoms with Crippen LogP contribution in [0, 0.1) is 12.8 Å². The highest BCUT2D eigenvalue weighted by Crippen LogP contribution is 2.09. The Balaban J connectivity index is 2.55. The van der Waals surface area contributed by atoms with E-state index in [1.165, 1.54) is 0 Å². The molecule has 1 aromatic heterocycles. The van der Waals surface area contributed by atoms with Gasteiger partial charge in [0.05, 0.1) is 6.04 Å². The largest absolute Gasteiger partial charge is 0.320 e. The molecule has 0 spiro atoms. The molecule has 0 aliphatic heterocycles. The van der Waals surface area contributed by atoms with Gasteiger partial charge in [0.25, 0.3) is 0 Å². The fourth-order valence-corrected chi connectivity index (χ4v) is 1.20. The summed E-state index contributed by atoms with van der Waals surface area (Å²) >= 11 is 0. The van der Waals surface area contributed by atoms with E-state index in [0.29, 0.717) is 5.82 Å². The lowest BCUT2D eigenvalue weighted by Crippen LogP contribution is -2.40. The molecule has 1 amide bonds. The van der Waals surface area contributed by atoms with Crippen LogP contribution < -0.4 is 11.1 Å². The van der Waals surface area contributed by atoms with Crippen LogP contribution in [0.4, 0.5) is 5.82 Å². The van der Waals surface area contributed by atoms with Crippen molar-refractivity contribution in [2.24, 2.45) is 11.7 Å². The number of carbonyl (C=O) groups excluding carboxylic acids is 1. The SMILES string of the molecule is CCC(C)C(N)C(=O)Nc1cc(C)[nH]n1. The van der Waals surface area contributed by atoms with Crippen LogP contribution in [0.3, 0.4) is 0 Å². The van der Waals surface area contributed by atoms with E-state index in [2.05, 4.69) is 15.5 Å². The van der Waals surface area contributed by atoms with E-state index in [0.717, 1.165) is 12.1 Å². The van der Waals surface area contributed by atoms with E-state index in [-0.39, 0.29) is 11.8 Å². The highest BCUT2D eigenvalue weighted by atomic mass is 16.2. The van der Waals surface area contributed by atoms with E-state index < -0.39 is 6.04 Å². The summed E-state index contributed by atoms with van der Waals surface area (Å²) in [6, 6.07) is 1.29. The van der Waals surface area contributed by atoms with Crippen LogP contribution in [0.2, 0.25) is 0 Å². The first-order valence-electron chi connectivity index (χ1n) is 5.13. The molecule has 84 valence electrons. The van der Waals surface area contributed by atoms with E-state index in [1.807, 2.05) is 20.8 Å². The van der Waals surface area contributed by atoms with Gasteiger partial charge in [0, 0.05) is 11.8 Å². The number of hydrogen-bond donors (Lipinski definition) is 3. The third-order valence-electron chi connectivity index (χ3n) is 2.52. The topological polar surface area (TPSA) is 83.8 Å². The molecule has 2 atom stereocenters. The molecule has 4 N–H and O–H groups in total. The van der Waals surface area contributed by atoms with Gasteiger partial charge in [-0.05, 0) is 12.8 Å². The van der Waals surface area contributed by atoms with E-state index >= 15 is 0 Å². The van der Waals surface area contributed by atoms with Crippen molar-refractivity contribution in [1.29, 1.82) is 0 Å². The lowest BCUT2D eigenvalue weighted by Gasteiger charge is -2.16. The van der Waals surface area contributed by atoms with Crippen LogP contribution in [0.1, 0.15) is 26.0 Å². The molecule has 15 heavy (non-hydrogen) atoms. The molecular weight excluding hydrogens is 192 g/mol. The molecule has 0 saturated carbocycles. The molecule has 1 rings (SSSR count). The van der Waals surface area contributed by atoms with Gasteiger partial charge in [0.2, 0.25) is 5.91 Å². The first-order valence-corrected chi connectivity index (χ1v) is 5.13. The second kappa shape index (κ2) is 4.93. The van der Waals surface area contributed by atoms with Crippen molar-refractivity contribution < 1.29 is 4.79 Å². The van der Waals surface area contributed by atoms with Gasteiger partial charge in [-0.15, -0.1) is 0 Å². The van der Waals surface area contributed by atoms with Crippen LogP contribution in [0.25, 0.3) is 0 Å². The standard InChI is InChI=1S/C10H18N4O/c1-4-6(2)9(11)10(15)12-8-5-7(3)13-14-8/h5-6,9H,4,11H2,1-3H3,(H2,12,13,14,15). The molecule has 0 radical (unpaired) electrons. The van der Waals surface area contributed by atoms with Crippen LogP contribution in [0.5, 0.6) is 0 Å². The predicted molar refractivity (Wildman–Crippen MR) is 59.4 cm³/mol. The van der Waals surface area contributed by atoms with Gasteiger partial charge in [-0.25, -0.2) is 0 Å². The maximum absolute atomic E-state index is 11.6. The predicted octanol–water partition coefficient (Wildman–Crippen LogP) is 1.03. The fourth-order valence-electron chi connectivity index (χ4n) is 1.20. The summed E-state index contributed by atoms with van der Waals surface area (Å²) in [5, 5.41) is 9.33. The number of nitrogens with zero attached hydrogens (tertiary/aromatic N) is 1. The number of hydrogen-bond acceptors (Lipinski definition) is 3. The first-order chi connectivity index (χ1) is 7.04. The number of anilines is 1. The Morgan fingerprint density at radius 2 is 2.40 bits per heavy atom. The summed E-state index contributed by atoms with van der Waals surface area (Å²) in [7, 11) is 0. The summed E-state index contributed by atoms with van der Waals surface area (Å²) in [5.41, 5.74) is 6.68. The third kappa shape index (κ3) is 3.06. The Hall–Kier alpha value is -1.36. The van der Waals surface area contributed by atoms with Crippen molar-refractivity contribution >= 4 is 11.7 Å². The summed E-state index contributed by atoms with van der Waals surface area (Å²) in [6.45, 7) is 5.84. The maximum Gasteiger partial charge on any atom is 0.242 e. The van der Waals surface area contributed by atoms with E-state index in [1.54, 1.807) is 6.07 Å². The molecule has 5 nitrogen and oxygen atoms in total. The average Bonchev–Trinajstić information content (AvgIpc) is 2.61. The summed E-state index contributed by atoms with van der Waals surface area (Å²) < 4.78 is 0. The van der Waals surface area contributed by atoms with Crippen molar-refractivity contribution in [3.63, 3.8) is 0 Å². The zero-order chi connectivity index (χ0) is 11.4. The molecule has 1 aromatic rings. The summed E-state index contributed by atoms with van der Waals surface area (Å²) in [5.74, 6) is 0.511. The van der Waals surface area contributed by atoms with Gasteiger partial charge >= 0.3 is 0 Å². The van der Waals surface area contributed by atoms with Crippen LogP contribution in [0.15, 0.2) is 6.07 Å². The first kappa shape index (κ1) is 11.7. The van der Waals surface area contributed by atoms with Crippen molar-refractivity contribution in [1.82, 2.24) is 10.2 Å². The number of aromatic amines is 1. The normalized spacial score (nSPS) is 14.7. The second-order valence-electron chi connectivity index (χ2n) is 3.84. The number of nitrogens with two attached hydrogens (primary N) is 1. The number of H-pyrrole nitrogens is 1. The Kier molecular flexibility index (Phi) is 3.85. The molecule has 5 heteroatoms. The summed E-state index contributed by atoms with van der Waals surface area (Å²) in [4.78, 5) is 11.6. The monoisotopic (exact) mass is 210 g/mol. The minimum atomic E-state index is -0.480. The number of aryl methyl sites for hydroxylation is 1. The van der Waals surface area contributed by atoms with Gasteiger partial charge < -0.3 is 11.1 Å². The van der Waals surface area contributed by atoms with Crippen molar-refractivity contribution in [3.05, 3.63) is 11.8 Å². The Morgan fingerprint density at radius 1 is 1.73 bits per heavy atom. The zero-order valence-corrected chi connectivity index (χ0v) is 9.37. The lowest BCUT2D eigenvalue weighted by molar-refractivity contribution is -0.118. The highest BCUT2D eigenvalue weighted by molar-refractivity contribution is 5.94. The molecule has 0 aliphatic rings. The zero-order valence-electron chi connectivity index (χ0n) is 9.37. The molecule has 2 unspecified atom stereocenters. The maximum atomic E-state index is 11.6. The number of aromatic nitrogens is 2. The van der Waals surface area contributed by atoms with Crippen LogP contribution in [-0.4, -0.2) is 22.1 Å². The van der Waals surface area contributed by atoms with Gasteiger partial charge in [-0.1, -0.05) is 20.3 Å². The van der Waals surface area contributed by atoms with Crippen LogP contribution >= 0.6 is 0 Å². The van der Waals surface area contributed by atoms with E-state index in [4.69, 9.17) is 5.73 Å². The van der Waals surface area contributed by atoms with E-state index in [9.17, 15) is 4.79 Å². The minimum absolute atomic E-state index is 0.171. The summed E-state index contributed by atoms with van der Waals surface area (Å²) in [6.07, 6.45) is 0.883. The van der Waals surface area contributed by atoms with Gasteiger partial charge in [0.15, 0.2) is 5.82 Å². The molecule has 0 fully saturated rings. The van der Waals surface area contributed by atoms with Crippen molar-refractivity contribution in [3.8, 4) is 0 Å². The Bertz CT molecular complexity index is 334. The van der Waals surface area contributed by atoms with Crippen molar-refractivity contribution in [2.75, 3.05) is 5.32 Å². The highest BCUT2D eigenvalue weighted by Gasteiger charge is 2.19. The fraction of sp³-hybridized carbons (Fsp3) is 0.600. The molecule has 0 aromatic carbocycles. The third-order valence-corrected chi connectivity index (χ3v) is 2.52. The molecule has 0 bridgehead atoms. The Morgan fingerprint density at radius 3 is 2.87 bits per heavy atom. The smallest absolute Gasteiger partial charge is 0.242 e. The molecule has 0 saturated heterocycles. The average molecular weight is 210 g/mol. The van der Waals surface area contributed by atoms with Gasteiger partial charge in [-0.3, -0.25) is 9.89 Å². The number of amides is 1. The molecular formula is C10H18N4O. The number of nitrogens with one attached hydrogen (secondary N) is 2. The van der Waals surface area contributed by atoms with Gasteiger partial charge in [0.1, 0.15) is 0 Å².